The maximum Gasteiger partial charge on any atom is 0.227 e. The van der Waals surface area contributed by atoms with Crippen molar-refractivity contribution in [3.63, 3.8) is 0 Å². The van der Waals surface area contributed by atoms with E-state index < -0.39 is 0 Å². The minimum absolute atomic E-state index is 0.0830. The molecule has 0 saturated heterocycles. The zero-order valence-electron chi connectivity index (χ0n) is 14.2. The van der Waals surface area contributed by atoms with Gasteiger partial charge in [0, 0.05) is 31.4 Å². The average Bonchev–Trinajstić information content (AvgIpc) is 2.93. The SMILES string of the molecule is CC[C@H](C(=O)NCCc1cn(C)c2ncccc12)c1ccccc1. The molecule has 124 valence electrons. The van der Waals surface area contributed by atoms with Crippen molar-refractivity contribution >= 4 is 16.9 Å². The van der Waals surface area contributed by atoms with E-state index in [0.29, 0.717) is 6.54 Å². The lowest BCUT2D eigenvalue weighted by Crippen LogP contribution is -2.30. The predicted molar refractivity (Wildman–Crippen MR) is 96.9 cm³/mol. The van der Waals surface area contributed by atoms with Crippen LogP contribution in [-0.4, -0.2) is 22.0 Å². The first-order chi connectivity index (χ1) is 11.7. The molecule has 0 saturated carbocycles. The lowest BCUT2D eigenvalue weighted by Gasteiger charge is -2.15. The Kier molecular flexibility index (Phi) is 4.94. The van der Waals surface area contributed by atoms with Gasteiger partial charge in [0.1, 0.15) is 5.65 Å². The molecule has 0 radical (unpaired) electrons. The fourth-order valence-electron chi connectivity index (χ4n) is 3.19. The highest BCUT2D eigenvalue weighted by Gasteiger charge is 2.18. The molecule has 0 fully saturated rings. The fourth-order valence-corrected chi connectivity index (χ4v) is 3.19. The van der Waals surface area contributed by atoms with Crippen LogP contribution in [0.25, 0.3) is 11.0 Å². The van der Waals surface area contributed by atoms with Gasteiger partial charge in [0.2, 0.25) is 5.91 Å². The molecule has 0 unspecified atom stereocenters. The third-order valence-electron chi connectivity index (χ3n) is 4.44. The molecule has 0 aliphatic carbocycles. The number of hydrogen-bond acceptors (Lipinski definition) is 2. The fraction of sp³-hybridized carbons (Fsp3) is 0.300. The maximum atomic E-state index is 12.5. The Balaban J connectivity index is 1.64. The Bertz CT molecular complexity index is 823. The van der Waals surface area contributed by atoms with Gasteiger partial charge < -0.3 is 9.88 Å². The molecule has 0 bridgehead atoms. The van der Waals surface area contributed by atoms with Gasteiger partial charge in [-0.1, -0.05) is 37.3 Å². The van der Waals surface area contributed by atoms with Gasteiger partial charge in [0.05, 0.1) is 5.92 Å². The molecule has 1 N–H and O–H groups in total. The Morgan fingerprint density at radius 3 is 2.75 bits per heavy atom. The molecule has 1 aromatic carbocycles. The summed E-state index contributed by atoms with van der Waals surface area (Å²) in [5.41, 5.74) is 3.27. The van der Waals surface area contributed by atoms with Gasteiger partial charge in [-0.3, -0.25) is 4.79 Å². The number of aromatic nitrogens is 2. The summed E-state index contributed by atoms with van der Waals surface area (Å²) in [7, 11) is 2.00. The molecule has 0 aliphatic heterocycles. The predicted octanol–water partition coefficient (Wildman–Crippen LogP) is 3.43. The zero-order chi connectivity index (χ0) is 16.9. The molecule has 0 aliphatic rings. The summed E-state index contributed by atoms with van der Waals surface area (Å²) < 4.78 is 2.03. The molecule has 24 heavy (non-hydrogen) atoms. The molecule has 3 aromatic rings. The van der Waals surface area contributed by atoms with Crippen LogP contribution in [-0.2, 0) is 18.3 Å². The van der Waals surface area contributed by atoms with Gasteiger partial charge in [0.25, 0.3) is 0 Å². The number of pyridine rings is 1. The van der Waals surface area contributed by atoms with Crippen LogP contribution in [0.2, 0.25) is 0 Å². The Hall–Kier alpha value is -2.62. The molecule has 3 rings (SSSR count). The summed E-state index contributed by atoms with van der Waals surface area (Å²) in [5, 5.41) is 4.24. The number of rotatable bonds is 6. The second kappa shape index (κ2) is 7.30. The summed E-state index contributed by atoms with van der Waals surface area (Å²) in [6.45, 7) is 2.68. The second-order valence-electron chi connectivity index (χ2n) is 6.05. The number of nitrogens with zero attached hydrogens (tertiary/aromatic N) is 2. The highest BCUT2D eigenvalue weighted by atomic mass is 16.1. The molecular formula is C20H23N3O. The lowest BCUT2D eigenvalue weighted by atomic mass is 9.95. The highest BCUT2D eigenvalue weighted by molar-refractivity contribution is 5.84. The third kappa shape index (κ3) is 3.32. The average molecular weight is 321 g/mol. The van der Waals surface area contributed by atoms with Crippen LogP contribution >= 0.6 is 0 Å². The molecule has 2 heterocycles. The van der Waals surface area contributed by atoms with Crippen LogP contribution in [0.3, 0.4) is 0 Å². The Morgan fingerprint density at radius 2 is 2.00 bits per heavy atom. The summed E-state index contributed by atoms with van der Waals surface area (Å²) in [5.74, 6) is 0.0162. The molecule has 4 nitrogen and oxygen atoms in total. The largest absolute Gasteiger partial charge is 0.355 e. The number of nitrogens with one attached hydrogen (secondary N) is 1. The number of carbonyl (C=O) groups is 1. The third-order valence-corrected chi connectivity index (χ3v) is 4.44. The molecule has 0 spiro atoms. The van der Waals surface area contributed by atoms with Crippen molar-refractivity contribution in [2.75, 3.05) is 6.54 Å². The normalized spacial score (nSPS) is 12.2. The van der Waals surface area contributed by atoms with E-state index in [0.717, 1.165) is 29.4 Å². The van der Waals surface area contributed by atoms with Gasteiger partial charge in [-0.25, -0.2) is 4.98 Å². The number of fused-ring (bicyclic) bond motifs is 1. The van der Waals surface area contributed by atoms with Gasteiger partial charge in [-0.15, -0.1) is 0 Å². The summed E-state index contributed by atoms with van der Waals surface area (Å²) in [6, 6.07) is 14.0. The number of carbonyl (C=O) groups excluding carboxylic acids is 1. The van der Waals surface area contributed by atoms with E-state index in [4.69, 9.17) is 0 Å². The monoisotopic (exact) mass is 321 g/mol. The molecule has 1 atom stereocenters. The molecular weight excluding hydrogens is 298 g/mol. The van der Waals surface area contributed by atoms with Crippen molar-refractivity contribution in [3.05, 3.63) is 66.0 Å². The van der Waals surface area contributed by atoms with Crippen LogP contribution in [0, 0.1) is 0 Å². The van der Waals surface area contributed by atoms with Crippen LogP contribution in [0.5, 0.6) is 0 Å². The van der Waals surface area contributed by atoms with Crippen molar-refractivity contribution in [2.45, 2.75) is 25.7 Å². The number of aryl methyl sites for hydroxylation is 1. The van der Waals surface area contributed by atoms with E-state index in [9.17, 15) is 4.79 Å². The van der Waals surface area contributed by atoms with Crippen LogP contribution in [0.15, 0.2) is 54.9 Å². The van der Waals surface area contributed by atoms with E-state index in [2.05, 4.69) is 22.6 Å². The molecule has 4 heteroatoms. The molecule has 1 amide bonds. The topological polar surface area (TPSA) is 46.9 Å². The number of benzene rings is 1. The van der Waals surface area contributed by atoms with E-state index in [1.807, 2.05) is 54.9 Å². The van der Waals surface area contributed by atoms with Crippen molar-refractivity contribution in [2.24, 2.45) is 7.05 Å². The first kappa shape index (κ1) is 16.2. The summed E-state index contributed by atoms with van der Waals surface area (Å²) in [4.78, 5) is 16.9. The van der Waals surface area contributed by atoms with Crippen molar-refractivity contribution < 1.29 is 4.79 Å². The van der Waals surface area contributed by atoms with Crippen LogP contribution in [0.4, 0.5) is 0 Å². The summed E-state index contributed by atoms with van der Waals surface area (Å²) >= 11 is 0. The molecule has 2 aromatic heterocycles. The van der Waals surface area contributed by atoms with Crippen molar-refractivity contribution in [1.29, 1.82) is 0 Å². The number of amides is 1. The number of hydrogen-bond donors (Lipinski definition) is 1. The smallest absolute Gasteiger partial charge is 0.227 e. The minimum Gasteiger partial charge on any atom is -0.355 e. The van der Waals surface area contributed by atoms with Gasteiger partial charge in [-0.05, 0) is 36.1 Å². The first-order valence-electron chi connectivity index (χ1n) is 8.42. The van der Waals surface area contributed by atoms with Crippen molar-refractivity contribution in [3.8, 4) is 0 Å². The van der Waals surface area contributed by atoms with E-state index in [1.54, 1.807) is 6.20 Å². The van der Waals surface area contributed by atoms with Crippen LogP contribution in [0.1, 0.15) is 30.4 Å². The van der Waals surface area contributed by atoms with Crippen molar-refractivity contribution in [1.82, 2.24) is 14.9 Å². The highest BCUT2D eigenvalue weighted by Crippen LogP contribution is 2.20. The Morgan fingerprint density at radius 1 is 1.21 bits per heavy atom. The van der Waals surface area contributed by atoms with Gasteiger partial charge in [-0.2, -0.15) is 0 Å². The van der Waals surface area contributed by atoms with Gasteiger partial charge >= 0.3 is 0 Å². The zero-order valence-corrected chi connectivity index (χ0v) is 14.2. The second-order valence-corrected chi connectivity index (χ2v) is 6.05. The standard InChI is InChI=1S/C20H23N3O/c1-3-17(15-8-5-4-6-9-15)20(24)22-13-11-16-14-23(2)19-18(16)10-7-12-21-19/h4-10,12,14,17H,3,11,13H2,1-2H3,(H,22,24)/t17-/m0/s1. The van der Waals surface area contributed by atoms with Gasteiger partial charge in [0.15, 0.2) is 0 Å². The first-order valence-corrected chi connectivity index (χ1v) is 8.42. The quantitative estimate of drug-likeness (QED) is 0.756. The minimum atomic E-state index is -0.0830. The van der Waals surface area contributed by atoms with E-state index >= 15 is 0 Å². The van der Waals surface area contributed by atoms with Crippen LogP contribution < -0.4 is 5.32 Å². The summed E-state index contributed by atoms with van der Waals surface area (Å²) in [6.07, 6.45) is 5.51. The lowest BCUT2D eigenvalue weighted by molar-refractivity contribution is -0.122. The van der Waals surface area contributed by atoms with E-state index in [1.165, 1.54) is 5.56 Å². The maximum absolute atomic E-state index is 12.5. The Labute approximate surface area is 142 Å². The van der Waals surface area contributed by atoms with E-state index in [-0.39, 0.29) is 11.8 Å².